The van der Waals surface area contributed by atoms with Gasteiger partial charge in [-0.05, 0) is 57.9 Å². The van der Waals surface area contributed by atoms with Gasteiger partial charge in [0.05, 0.1) is 5.52 Å². The normalized spacial score (nSPS) is 11.4. The molecule has 1 aromatic carbocycles. The Morgan fingerprint density at radius 3 is 2.26 bits per heavy atom. The summed E-state index contributed by atoms with van der Waals surface area (Å²) in [6.07, 6.45) is 1.73. The molecule has 0 fully saturated rings. The lowest BCUT2D eigenvalue weighted by Crippen LogP contribution is -2.40. The Bertz CT molecular complexity index is 1010. The van der Waals surface area contributed by atoms with Gasteiger partial charge < -0.3 is 10.6 Å². The number of rotatable bonds is 3. The lowest BCUT2D eigenvalue weighted by molar-refractivity contribution is 0.0916. The van der Waals surface area contributed by atoms with E-state index >= 15 is 0 Å². The van der Waals surface area contributed by atoms with Crippen molar-refractivity contribution in [2.24, 2.45) is 0 Å². The molecule has 2 heterocycles. The highest BCUT2D eigenvalue weighted by atomic mass is 16.2. The molecule has 0 radical (unpaired) electrons. The molecule has 3 aromatic rings. The first-order chi connectivity index (χ1) is 12.7. The molecular formula is C21H24N4O2. The lowest BCUT2D eigenvalue weighted by atomic mass is 10.1. The van der Waals surface area contributed by atoms with E-state index < -0.39 is 5.54 Å². The fraction of sp³-hybridized carbons (Fsp3) is 0.286. The number of hydrogen-bond donors (Lipinski definition) is 2. The summed E-state index contributed by atoms with van der Waals surface area (Å²) in [7, 11) is 0. The molecule has 140 valence electrons. The van der Waals surface area contributed by atoms with Crippen molar-refractivity contribution in [3.8, 4) is 0 Å². The van der Waals surface area contributed by atoms with Gasteiger partial charge in [-0.15, -0.1) is 0 Å². The number of aromatic nitrogens is 2. The minimum absolute atomic E-state index is 0.173. The second kappa shape index (κ2) is 6.87. The third-order valence-corrected chi connectivity index (χ3v) is 4.17. The van der Waals surface area contributed by atoms with Crippen LogP contribution in [-0.4, -0.2) is 26.7 Å². The van der Waals surface area contributed by atoms with Gasteiger partial charge in [-0.3, -0.25) is 14.0 Å². The maximum Gasteiger partial charge on any atom is 0.292 e. The Kier molecular flexibility index (Phi) is 4.74. The molecule has 6 heteroatoms. The zero-order valence-corrected chi connectivity index (χ0v) is 16.3. The average Bonchev–Trinajstić information content (AvgIpc) is 2.96. The highest BCUT2D eigenvalue weighted by Crippen LogP contribution is 2.21. The highest BCUT2D eigenvalue weighted by molar-refractivity contribution is 6.06. The molecule has 0 atom stereocenters. The van der Waals surface area contributed by atoms with Gasteiger partial charge in [-0.25, -0.2) is 4.98 Å². The van der Waals surface area contributed by atoms with Crippen molar-refractivity contribution in [1.82, 2.24) is 14.7 Å². The number of anilines is 1. The van der Waals surface area contributed by atoms with Crippen LogP contribution in [0.4, 0.5) is 5.69 Å². The standard InChI is InChI=1S/C21H24N4O2/c1-13-9-8-10-14(2)16(13)23-20(27)18-22-17(19(26)24-21(3,4)5)15-11-6-7-12-25(15)18/h6-12H,1-5H3,(H,23,27)(H,24,26). The Morgan fingerprint density at radius 1 is 0.963 bits per heavy atom. The Hall–Kier alpha value is -3.15. The van der Waals surface area contributed by atoms with Gasteiger partial charge in [-0.2, -0.15) is 0 Å². The molecular weight excluding hydrogens is 340 g/mol. The lowest BCUT2D eigenvalue weighted by Gasteiger charge is -2.19. The largest absolute Gasteiger partial charge is 0.346 e. The van der Waals surface area contributed by atoms with Gasteiger partial charge >= 0.3 is 0 Å². The van der Waals surface area contributed by atoms with E-state index in [2.05, 4.69) is 15.6 Å². The number of pyridine rings is 1. The van der Waals surface area contributed by atoms with Crippen LogP contribution in [0.5, 0.6) is 0 Å². The number of nitrogens with one attached hydrogen (secondary N) is 2. The van der Waals surface area contributed by atoms with Gasteiger partial charge in [0, 0.05) is 17.4 Å². The van der Waals surface area contributed by atoms with E-state index in [4.69, 9.17) is 0 Å². The van der Waals surface area contributed by atoms with Crippen LogP contribution in [-0.2, 0) is 0 Å². The molecule has 2 aromatic heterocycles. The van der Waals surface area contributed by atoms with E-state index in [0.29, 0.717) is 5.52 Å². The molecule has 0 spiro atoms. The molecule has 2 N–H and O–H groups in total. The number of para-hydroxylation sites is 1. The molecule has 0 saturated carbocycles. The number of amides is 2. The molecule has 0 aliphatic rings. The molecule has 0 aliphatic heterocycles. The van der Waals surface area contributed by atoms with E-state index in [1.54, 1.807) is 22.7 Å². The SMILES string of the molecule is Cc1cccc(C)c1NC(=O)c1nc(C(=O)NC(C)(C)C)c2ccccn12. The number of hydrogen-bond acceptors (Lipinski definition) is 3. The van der Waals surface area contributed by atoms with Crippen molar-refractivity contribution >= 4 is 23.0 Å². The zero-order chi connectivity index (χ0) is 19.8. The van der Waals surface area contributed by atoms with Gasteiger partial charge in [0.15, 0.2) is 5.69 Å². The number of benzene rings is 1. The van der Waals surface area contributed by atoms with Crippen molar-refractivity contribution < 1.29 is 9.59 Å². The van der Waals surface area contributed by atoms with E-state index in [9.17, 15) is 9.59 Å². The Morgan fingerprint density at radius 2 is 1.63 bits per heavy atom. The monoisotopic (exact) mass is 364 g/mol. The molecule has 0 aliphatic carbocycles. The summed E-state index contributed by atoms with van der Waals surface area (Å²) in [4.78, 5) is 30.0. The molecule has 0 unspecified atom stereocenters. The summed E-state index contributed by atoms with van der Waals surface area (Å²) < 4.78 is 1.64. The first-order valence-electron chi connectivity index (χ1n) is 8.84. The predicted molar refractivity (Wildman–Crippen MR) is 106 cm³/mol. The Balaban J connectivity index is 2.02. The third kappa shape index (κ3) is 3.84. The minimum atomic E-state index is -0.400. The number of nitrogens with zero attached hydrogens (tertiary/aromatic N) is 2. The first-order valence-corrected chi connectivity index (χ1v) is 8.84. The van der Waals surface area contributed by atoms with Crippen molar-refractivity contribution in [2.75, 3.05) is 5.32 Å². The van der Waals surface area contributed by atoms with Crippen molar-refractivity contribution in [2.45, 2.75) is 40.2 Å². The maximum absolute atomic E-state index is 12.9. The van der Waals surface area contributed by atoms with Crippen LogP contribution in [0.15, 0.2) is 42.6 Å². The van der Waals surface area contributed by atoms with Crippen LogP contribution in [0.3, 0.4) is 0 Å². The second-order valence-corrected chi connectivity index (χ2v) is 7.66. The van der Waals surface area contributed by atoms with Crippen molar-refractivity contribution in [3.63, 3.8) is 0 Å². The number of carbonyl (C=O) groups excluding carboxylic acids is 2. The minimum Gasteiger partial charge on any atom is -0.346 e. The third-order valence-electron chi connectivity index (χ3n) is 4.17. The predicted octanol–water partition coefficient (Wildman–Crippen LogP) is 3.73. The molecule has 27 heavy (non-hydrogen) atoms. The van der Waals surface area contributed by atoms with Gasteiger partial charge in [-0.1, -0.05) is 24.3 Å². The summed E-state index contributed by atoms with van der Waals surface area (Å²) in [6.45, 7) is 9.58. The van der Waals surface area contributed by atoms with Crippen molar-refractivity contribution in [3.05, 3.63) is 65.2 Å². The molecule has 0 saturated heterocycles. The molecule has 0 bridgehead atoms. The smallest absolute Gasteiger partial charge is 0.292 e. The summed E-state index contributed by atoms with van der Waals surface area (Å²) in [5.74, 6) is -0.493. The fourth-order valence-electron chi connectivity index (χ4n) is 2.95. The average molecular weight is 364 g/mol. The van der Waals surface area contributed by atoms with E-state index in [-0.39, 0.29) is 23.3 Å². The maximum atomic E-state index is 12.9. The van der Waals surface area contributed by atoms with Crippen LogP contribution >= 0.6 is 0 Å². The quantitative estimate of drug-likeness (QED) is 0.743. The molecule has 6 nitrogen and oxygen atoms in total. The molecule has 2 amide bonds. The van der Waals surface area contributed by atoms with Crippen LogP contribution in [0.2, 0.25) is 0 Å². The highest BCUT2D eigenvalue weighted by Gasteiger charge is 2.24. The summed E-state index contributed by atoms with van der Waals surface area (Å²) in [6, 6.07) is 11.2. The topological polar surface area (TPSA) is 75.5 Å². The summed E-state index contributed by atoms with van der Waals surface area (Å²) >= 11 is 0. The molecule has 3 rings (SSSR count). The van der Waals surface area contributed by atoms with Gasteiger partial charge in [0.2, 0.25) is 5.82 Å². The summed E-state index contributed by atoms with van der Waals surface area (Å²) in [5.41, 5.74) is 3.12. The second-order valence-electron chi connectivity index (χ2n) is 7.66. The van der Waals surface area contributed by atoms with Crippen LogP contribution in [0.25, 0.3) is 5.52 Å². The van der Waals surface area contributed by atoms with Crippen LogP contribution < -0.4 is 10.6 Å². The van der Waals surface area contributed by atoms with Crippen LogP contribution in [0.1, 0.15) is 53.0 Å². The van der Waals surface area contributed by atoms with E-state index in [0.717, 1.165) is 16.8 Å². The first kappa shape index (κ1) is 18.6. The summed E-state index contributed by atoms with van der Waals surface area (Å²) in [5, 5.41) is 5.83. The zero-order valence-electron chi connectivity index (χ0n) is 16.3. The van der Waals surface area contributed by atoms with Crippen molar-refractivity contribution in [1.29, 1.82) is 0 Å². The van der Waals surface area contributed by atoms with Gasteiger partial charge in [0.25, 0.3) is 11.8 Å². The number of carbonyl (C=O) groups is 2. The van der Waals surface area contributed by atoms with E-state index in [1.165, 1.54) is 0 Å². The van der Waals surface area contributed by atoms with Crippen LogP contribution in [0, 0.1) is 13.8 Å². The number of imidazole rings is 1. The fourth-order valence-corrected chi connectivity index (χ4v) is 2.95. The van der Waals surface area contributed by atoms with Gasteiger partial charge in [0.1, 0.15) is 0 Å². The van der Waals surface area contributed by atoms with E-state index in [1.807, 2.05) is 58.9 Å². The Labute approximate surface area is 158 Å². The number of aryl methyl sites for hydroxylation is 2. The number of fused-ring (bicyclic) bond motifs is 1.